The molecule has 0 aliphatic rings. The van der Waals surface area contributed by atoms with Gasteiger partial charge in [0.2, 0.25) is 0 Å². The van der Waals surface area contributed by atoms with E-state index in [0.29, 0.717) is 0 Å². The molecule has 0 saturated carbocycles. The SMILES string of the molecule is CC(c1ccccc1)c1ccc(-c2ccccc2)o1. The smallest absolute Gasteiger partial charge is 0.134 e. The van der Waals surface area contributed by atoms with Crippen molar-refractivity contribution < 1.29 is 4.42 Å². The molecule has 1 heteroatoms. The van der Waals surface area contributed by atoms with Crippen molar-refractivity contribution in [3.05, 3.63) is 84.1 Å². The number of rotatable bonds is 3. The predicted molar refractivity (Wildman–Crippen MR) is 78.1 cm³/mol. The van der Waals surface area contributed by atoms with Crippen LogP contribution in [0.15, 0.2) is 77.2 Å². The van der Waals surface area contributed by atoms with Crippen LogP contribution in [0.4, 0.5) is 0 Å². The number of hydrogen-bond acceptors (Lipinski definition) is 1. The van der Waals surface area contributed by atoms with E-state index in [9.17, 15) is 0 Å². The van der Waals surface area contributed by atoms with Crippen LogP contribution in [0, 0.1) is 0 Å². The molecule has 0 spiro atoms. The lowest BCUT2D eigenvalue weighted by atomic mass is 9.99. The zero-order valence-electron chi connectivity index (χ0n) is 10.9. The van der Waals surface area contributed by atoms with E-state index in [4.69, 9.17) is 4.42 Å². The molecule has 0 radical (unpaired) electrons. The van der Waals surface area contributed by atoms with Crippen molar-refractivity contribution in [2.24, 2.45) is 0 Å². The van der Waals surface area contributed by atoms with Crippen LogP contribution in [-0.2, 0) is 0 Å². The molecular weight excluding hydrogens is 232 g/mol. The molecule has 19 heavy (non-hydrogen) atoms. The molecule has 1 nitrogen and oxygen atoms in total. The molecule has 1 atom stereocenters. The molecule has 0 bridgehead atoms. The molecule has 0 aliphatic heterocycles. The minimum Gasteiger partial charge on any atom is -0.460 e. The van der Waals surface area contributed by atoms with Crippen LogP contribution in [0.25, 0.3) is 11.3 Å². The van der Waals surface area contributed by atoms with Gasteiger partial charge in [-0.05, 0) is 17.7 Å². The summed E-state index contributed by atoms with van der Waals surface area (Å²) < 4.78 is 5.99. The lowest BCUT2D eigenvalue weighted by Crippen LogP contribution is -1.92. The normalized spacial score (nSPS) is 12.3. The van der Waals surface area contributed by atoms with E-state index >= 15 is 0 Å². The first-order valence-corrected chi connectivity index (χ1v) is 6.54. The summed E-state index contributed by atoms with van der Waals surface area (Å²) >= 11 is 0. The molecule has 0 amide bonds. The maximum absolute atomic E-state index is 5.99. The van der Waals surface area contributed by atoms with Gasteiger partial charge in [0, 0.05) is 11.5 Å². The summed E-state index contributed by atoms with van der Waals surface area (Å²) in [6, 6.07) is 24.7. The van der Waals surface area contributed by atoms with Crippen molar-refractivity contribution in [1.82, 2.24) is 0 Å². The van der Waals surface area contributed by atoms with E-state index < -0.39 is 0 Å². The maximum atomic E-state index is 5.99. The van der Waals surface area contributed by atoms with Crippen molar-refractivity contribution in [2.45, 2.75) is 12.8 Å². The van der Waals surface area contributed by atoms with Gasteiger partial charge in [-0.25, -0.2) is 0 Å². The fraction of sp³-hybridized carbons (Fsp3) is 0.111. The molecule has 1 unspecified atom stereocenters. The highest BCUT2D eigenvalue weighted by Gasteiger charge is 2.13. The molecule has 2 aromatic carbocycles. The van der Waals surface area contributed by atoms with E-state index in [2.05, 4.69) is 49.4 Å². The first-order chi connectivity index (χ1) is 9.34. The van der Waals surface area contributed by atoms with E-state index in [1.165, 1.54) is 5.56 Å². The monoisotopic (exact) mass is 248 g/mol. The van der Waals surface area contributed by atoms with Gasteiger partial charge in [-0.3, -0.25) is 0 Å². The Balaban J connectivity index is 1.90. The van der Waals surface area contributed by atoms with Crippen LogP contribution in [0.1, 0.15) is 24.2 Å². The van der Waals surface area contributed by atoms with Gasteiger partial charge in [-0.1, -0.05) is 67.6 Å². The Hall–Kier alpha value is -2.28. The molecule has 3 rings (SSSR count). The van der Waals surface area contributed by atoms with Crippen molar-refractivity contribution in [3.8, 4) is 11.3 Å². The topological polar surface area (TPSA) is 13.1 Å². The van der Waals surface area contributed by atoms with Gasteiger partial charge in [0.15, 0.2) is 0 Å². The third kappa shape index (κ3) is 2.45. The molecule has 3 aromatic rings. The first-order valence-electron chi connectivity index (χ1n) is 6.54. The molecule has 0 N–H and O–H groups in total. The van der Waals surface area contributed by atoms with Gasteiger partial charge in [0.05, 0.1) is 0 Å². The Bertz CT molecular complexity index is 638. The van der Waals surface area contributed by atoms with Crippen LogP contribution in [0.5, 0.6) is 0 Å². The molecule has 0 aliphatic carbocycles. The van der Waals surface area contributed by atoms with Crippen LogP contribution >= 0.6 is 0 Å². The maximum Gasteiger partial charge on any atom is 0.134 e. The quantitative estimate of drug-likeness (QED) is 0.628. The van der Waals surface area contributed by atoms with E-state index in [1.54, 1.807) is 0 Å². The van der Waals surface area contributed by atoms with Crippen molar-refractivity contribution >= 4 is 0 Å². The standard InChI is InChI=1S/C18H16O/c1-14(15-8-4-2-5-9-15)17-12-13-18(19-17)16-10-6-3-7-11-16/h2-14H,1H3. The Morgan fingerprint density at radius 1 is 0.737 bits per heavy atom. The van der Waals surface area contributed by atoms with Gasteiger partial charge < -0.3 is 4.42 Å². The minimum atomic E-state index is 0.277. The lowest BCUT2D eigenvalue weighted by molar-refractivity contribution is 0.508. The van der Waals surface area contributed by atoms with Crippen molar-refractivity contribution in [2.75, 3.05) is 0 Å². The average molecular weight is 248 g/mol. The van der Waals surface area contributed by atoms with Crippen molar-refractivity contribution in [1.29, 1.82) is 0 Å². The lowest BCUT2D eigenvalue weighted by Gasteiger charge is -2.08. The van der Waals surface area contributed by atoms with Crippen molar-refractivity contribution in [3.63, 3.8) is 0 Å². The number of hydrogen-bond donors (Lipinski definition) is 0. The molecule has 0 saturated heterocycles. The highest BCUT2D eigenvalue weighted by atomic mass is 16.3. The van der Waals surface area contributed by atoms with Gasteiger partial charge in [-0.2, -0.15) is 0 Å². The first kappa shape index (κ1) is 11.8. The third-order valence-electron chi connectivity index (χ3n) is 3.41. The summed E-state index contributed by atoms with van der Waals surface area (Å²) in [4.78, 5) is 0. The Labute approximate surface area is 113 Å². The van der Waals surface area contributed by atoms with Crippen LogP contribution < -0.4 is 0 Å². The fourth-order valence-corrected chi connectivity index (χ4v) is 2.25. The largest absolute Gasteiger partial charge is 0.460 e. The molecule has 1 heterocycles. The highest BCUT2D eigenvalue weighted by molar-refractivity contribution is 5.57. The van der Waals surface area contributed by atoms with Gasteiger partial charge in [0.1, 0.15) is 11.5 Å². The molecule has 94 valence electrons. The average Bonchev–Trinajstić information content (AvgIpc) is 2.98. The number of furan rings is 1. The molecule has 1 aromatic heterocycles. The molecule has 0 fully saturated rings. The molecular formula is C18H16O. The zero-order chi connectivity index (χ0) is 13.1. The third-order valence-corrected chi connectivity index (χ3v) is 3.41. The van der Waals surface area contributed by atoms with Crippen LogP contribution in [-0.4, -0.2) is 0 Å². The second kappa shape index (κ2) is 5.15. The van der Waals surface area contributed by atoms with Crippen LogP contribution in [0.2, 0.25) is 0 Å². The van der Waals surface area contributed by atoms with E-state index in [0.717, 1.165) is 17.1 Å². The summed E-state index contributed by atoms with van der Waals surface area (Å²) in [7, 11) is 0. The summed E-state index contributed by atoms with van der Waals surface area (Å²) in [6.07, 6.45) is 0. The zero-order valence-corrected chi connectivity index (χ0v) is 10.9. The highest BCUT2D eigenvalue weighted by Crippen LogP contribution is 2.29. The summed E-state index contributed by atoms with van der Waals surface area (Å²) in [5.74, 6) is 2.21. The predicted octanol–water partition coefficient (Wildman–Crippen LogP) is 5.10. The summed E-state index contributed by atoms with van der Waals surface area (Å²) in [5.41, 5.74) is 2.39. The fourth-order valence-electron chi connectivity index (χ4n) is 2.25. The van der Waals surface area contributed by atoms with Gasteiger partial charge in [0.25, 0.3) is 0 Å². The van der Waals surface area contributed by atoms with Gasteiger partial charge in [-0.15, -0.1) is 0 Å². The minimum absolute atomic E-state index is 0.277. The van der Waals surface area contributed by atoms with E-state index in [-0.39, 0.29) is 5.92 Å². The Morgan fingerprint density at radius 3 is 2.05 bits per heavy atom. The summed E-state index contributed by atoms with van der Waals surface area (Å²) in [6.45, 7) is 2.17. The van der Waals surface area contributed by atoms with E-state index in [1.807, 2.05) is 30.3 Å². The summed E-state index contributed by atoms with van der Waals surface area (Å²) in [5, 5.41) is 0. The van der Waals surface area contributed by atoms with Crippen LogP contribution in [0.3, 0.4) is 0 Å². The van der Waals surface area contributed by atoms with Gasteiger partial charge >= 0.3 is 0 Å². The number of benzene rings is 2. The Kier molecular flexibility index (Phi) is 3.20. The Morgan fingerprint density at radius 2 is 1.37 bits per heavy atom. The second-order valence-electron chi connectivity index (χ2n) is 4.70. The second-order valence-corrected chi connectivity index (χ2v) is 4.70.